The van der Waals surface area contributed by atoms with E-state index in [2.05, 4.69) is 0 Å². The molecule has 0 aromatic heterocycles. The van der Waals surface area contributed by atoms with Crippen molar-refractivity contribution in [2.45, 2.75) is 0 Å². The fourth-order valence-corrected chi connectivity index (χ4v) is 3.41. The Labute approximate surface area is 156 Å². The maximum atomic E-state index is 11.3. The maximum absolute atomic E-state index is 11.3. The summed E-state index contributed by atoms with van der Waals surface area (Å²) in [6, 6.07) is 20.8. The Morgan fingerprint density at radius 1 is 0.926 bits per heavy atom. The van der Waals surface area contributed by atoms with Gasteiger partial charge in [0.1, 0.15) is 12.4 Å². The molecule has 0 atom stereocenters. The highest BCUT2D eigenvalue weighted by molar-refractivity contribution is 6.07. The van der Waals surface area contributed by atoms with Gasteiger partial charge < -0.3 is 10.5 Å². The van der Waals surface area contributed by atoms with E-state index in [4.69, 9.17) is 10.5 Å². The number of para-hydroxylation sites is 1. The molecule has 0 saturated heterocycles. The highest BCUT2D eigenvalue weighted by Gasteiger charge is 2.25. The SMILES string of the molecule is NCCOc1ccccc1C=C1c2ccccc2-c2ccc([N+](=O)[O-])cc21. The molecule has 1 aliphatic rings. The fourth-order valence-electron chi connectivity index (χ4n) is 3.41. The average molecular weight is 358 g/mol. The lowest BCUT2D eigenvalue weighted by Crippen LogP contribution is -2.11. The molecular formula is C22H18N2O3. The van der Waals surface area contributed by atoms with Crippen LogP contribution in [0.15, 0.2) is 66.7 Å². The number of nitro benzene ring substituents is 1. The van der Waals surface area contributed by atoms with Crippen LogP contribution in [-0.2, 0) is 0 Å². The number of fused-ring (bicyclic) bond motifs is 3. The first kappa shape index (κ1) is 17.0. The Balaban J connectivity index is 1.90. The molecule has 3 aromatic rings. The molecule has 5 nitrogen and oxygen atoms in total. The summed E-state index contributed by atoms with van der Waals surface area (Å²) in [7, 11) is 0. The van der Waals surface area contributed by atoms with Crippen molar-refractivity contribution in [3.63, 3.8) is 0 Å². The predicted octanol–water partition coefficient (Wildman–Crippen LogP) is 4.50. The number of non-ortho nitro benzene ring substituents is 1. The van der Waals surface area contributed by atoms with E-state index in [-0.39, 0.29) is 10.6 Å². The van der Waals surface area contributed by atoms with Crippen LogP contribution in [0.5, 0.6) is 5.75 Å². The first-order valence-corrected chi connectivity index (χ1v) is 8.71. The van der Waals surface area contributed by atoms with E-state index in [1.165, 1.54) is 0 Å². The molecule has 0 radical (unpaired) electrons. The Kier molecular flexibility index (Phi) is 4.44. The van der Waals surface area contributed by atoms with Gasteiger partial charge >= 0.3 is 0 Å². The number of nitrogens with two attached hydrogens (primary N) is 1. The minimum atomic E-state index is -0.362. The summed E-state index contributed by atoms with van der Waals surface area (Å²) in [5.74, 6) is 0.742. The van der Waals surface area contributed by atoms with E-state index in [0.717, 1.165) is 39.1 Å². The van der Waals surface area contributed by atoms with E-state index in [1.54, 1.807) is 12.1 Å². The molecule has 4 rings (SSSR count). The number of hydrogen-bond acceptors (Lipinski definition) is 4. The zero-order valence-electron chi connectivity index (χ0n) is 14.6. The number of nitro groups is 1. The third-order valence-electron chi connectivity index (χ3n) is 4.61. The van der Waals surface area contributed by atoms with Gasteiger partial charge in [0, 0.05) is 24.2 Å². The molecule has 0 fully saturated rings. The molecule has 1 aliphatic carbocycles. The minimum absolute atomic E-state index is 0.0834. The topological polar surface area (TPSA) is 78.4 Å². The van der Waals surface area contributed by atoms with E-state index in [9.17, 15) is 10.1 Å². The van der Waals surface area contributed by atoms with Gasteiger partial charge in [-0.3, -0.25) is 10.1 Å². The lowest BCUT2D eigenvalue weighted by Gasteiger charge is -2.09. The van der Waals surface area contributed by atoms with Crippen molar-refractivity contribution in [3.05, 3.63) is 93.5 Å². The molecule has 134 valence electrons. The van der Waals surface area contributed by atoms with Gasteiger partial charge in [0.25, 0.3) is 5.69 Å². The summed E-state index contributed by atoms with van der Waals surface area (Å²) >= 11 is 0. The molecule has 3 aromatic carbocycles. The molecule has 0 saturated carbocycles. The van der Waals surface area contributed by atoms with E-state index >= 15 is 0 Å². The molecule has 0 unspecified atom stereocenters. The summed E-state index contributed by atoms with van der Waals surface area (Å²) in [6.45, 7) is 0.863. The van der Waals surface area contributed by atoms with Crippen molar-refractivity contribution in [1.29, 1.82) is 0 Å². The second-order valence-corrected chi connectivity index (χ2v) is 6.27. The van der Waals surface area contributed by atoms with Crippen LogP contribution in [0.2, 0.25) is 0 Å². The van der Waals surface area contributed by atoms with Crippen LogP contribution >= 0.6 is 0 Å². The normalized spacial score (nSPS) is 13.3. The minimum Gasteiger partial charge on any atom is -0.492 e. The van der Waals surface area contributed by atoms with Gasteiger partial charge in [-0.25, -0.2) is 0 Å². The summed E-state index contributed by atoms with van der Waals surface area (Å²) in [4.78, 5) is 10.9. The van der Waals surface area contributed by atoms with Crippen LogP contribution in [0, 0.1) is 10.1 Å². The molecule has 27 heavy (non-hydrogen) atoms. The lowest BCUT2D eigenvalue weighted by molar-refractivity contribution is -0.384. The molecule has 2 N–H and O–H groups in total. The largest absolute Gasteiger partial charge is 0.492 e. The van der Waals surface area contributed by atoms with Crippen molar-refractivity contribution < 1.29 is 9.66 Å². The van der Waals surface area contributed by atoms with Crippen molar-refractivity contribution in [2.24, 2.45) is 5.73 Å². The Morgan fingerprint density at radius 3 is 2.41 bits per heavy atom. The number of rotatable bonds is 5. The standard InChI is InChI=1S/C22H18N2O3/c23-11-12-27-22-8-4-1-5-15(22)13-20-18-7-3-2-6-17(18)19-10-9-16(24(25)26)14-21(19)20/h1-10,13-14H,11-12,23H2. The summed E-state index contributed by atoms with van der Waals surface area (Å²) < 4.78 is 5.76. The molecule has 0 aliphatic heterocycles. The van der Waals surface area contributed by atoms with Crippen molar-refractivity contribution >= 4 is 17.3 Å². The fraction of sp³-hybridized carbons (Fsp3) is 0.0909. The molecular weight excluding hydrogens is 340 g/mol. The maximum Gasteiger partial charge on any atom is 0.270 e. The van der Waals surface area contributed by atoms with Crippen molar-refractivity contribution in [1.82, 2.24) is 0 Å². The van der Waals surface area contributed by atoms with Gasteiger partial charge in [-0.05, 0) is 46.0 Å². The lowest BCUT2D eigenvalue weighted by atomic mass is 10.0. The molecule has 0 bridgehead atoms. The average Bonchev–Trinajstić information content (AvgIpc) is 3.00. The zero-order chi connectivity index (χ0) is 18.8. The number of hydrogen-bond donors (Lipinski definition) is 1. The van der Waals surface area contributed by atoms with E-state index in [0.29, 0.717) is 13.2 Å². The first-order valence-electron chi connectivity index (χ1n) is 8.71. The van der Waals surface area contributed by atoms with Gasteiger partial charge in [0.05, 0.1) is 4.92 Å². The Hall–Kier alpha value is -3.44. The van der Waals surface area contributed by atoms with Gasteiger partial charge in [-0.15, -0.1) is 0 Å². The number of ether oxygens (including phenoxy) is 1. The van der Waals surface area contributed by atoms with Gasteiger partial charge in [-0.2, -0.15) is 0 Å². The molecule has 0 heterocycles. The third-order valence-corrected chi connectivity index (χ3v) is 4.61. The van der Waals surface area contributed by atoms with Crippen LogP contribution in [0.1, 0.15) is 16.7 Å². The Morgan fingerprint density at radius 2 is 1.63 bits per heavy atom. The van der Waals surface area contributed by atoms with Crippen LogP contribution < -0.4 is 10.5 Å². The van der Waals surface area contributed by atoms with Crippen molar-refractivity contribution in [2.75, 3.05) is 13.2 Å². The van der Waals surface area contributed by atoms with Crippen LogP contribution in [0.3, 0.4) is 0 Å². The van der Waals surface area contributed by atoms with Gasteiger partial charge in [-0.1, -0.05) is 42.5 Å². The zero-order valence-corrected chi connectivity index (χ0v) is 14.6. The molecule has 0 spiro atoms. The number of nitrogens with zero attached hydrogens (tertiary/aromatic N) is 1. The van der Waals surface area contributed by atoms with Gasteiger partial charge in [0.2, 0.25) is 0 Å². The summed E-state index contributed by atoms with van der Waals surface area (Å²) in [5.41, 5.74) is 11.5. The molecule has 0 amide bonds. The number of benzene rings is 3. The Bertz CT molecular complexity index is 1060. The van der Waals surface area contributed by atoms with Crippen LogP contribution in [0.25, 0.3) is 22.8 Å². The van der Waals surface area contributed by atoms with E-state index in [1.807, 2.05) is 60.7 Å². The highest BCUT2D eigenvalue weighted by atomic mass is 16.6. The monoisotopic (exact) mass is 358 g/mol. The van der Waals surface area contributed by atoms with Gasteiger partial charge in [0.15, 0.2) is 0 Å². The second kappa shape index (κ2) is 7.05. The second-order valence-electron chi connectivity index (χ2n) is 6.27. The van der Waals surface area contributed by atoms with Crippen LogP contribution in [0.4, 0.5) is 5.69 Å². The smallest absolute Gasteiger partial charge is 0.270 e. The highest BCUT2D eigenvalue weighted by Crippen LogP contribution is 2.46. The van der Waals surface area contributed by atoms with Crippen LogP contribution in [-0.4, -0.2) is 18.1 Å². The predicted molar refractivity (Wildman–Crippen MR) is 106 cm³/mol. The van der Waals surface area contributed by atoms with Crippen molar-refractivity contribution in [3.8, 4) is 16.9 Å². The third kappa shape index (κ3) is 3.09. The molecule has 5 heteroatoms. The first-order chi connectivity index (χ1) is 13.2. The quantitative estimate of drug-likeness (QED) is 0.421. The summed E-state index contributed by atoms with van der Waals surface area (Å²) in [6.07, 6.45) is 2.03. The summed E-state index contributed by atoms with van der Waals surface area (Å²) in [5, 5.41) is 11.3. The van der Waals surface area contributed by atoms with E-state index < -0.39 is 0 Å².